The van der Waals surface area contributed by atoms with Gasteiger partial charge in [-0.25, -0.2) is 4.98 Å². The molecule has 0 radical (unpaired) electrons. The number of amides is 2. The van der Waals surface area contributed by atoms with E-state index in [4.69, 9.17) is 5.73 Å². The van der Waals surface area contributed by atoms with Crippen LogP contribution in [0.1, 0.15) is 19.5 Å². The van der Waals surface area contributed by atoms with Crippen LogP contribution in [-0.4, -0.2) is 29.9 Å². The van der Waals surface area contributed by atoms with Gasteiger partial charge in [-0.15, -0.1) is 11.3 Å². The zero-order valence-electron chi connectivity index (χ0n) is 10.5. The Morgan fingerprint density at radius 2 is 2.11 bits per heavy atom. The molecule has 1 heterocycles. The molecule has 18 heavy (non-hydrogen) atoms. The Hall–Kier alpha value is -1.63. The Morgan fingerprint density at radius 3 is 2.67 bits per heavy atom. The summed E-state index contributed by atoms with van der Waals surface area (Å²) in [5.74, 6) is -0.0301. The van der Waals surface area contributed by atoms with Crippen LogP contribution in [0.25, 0.3) is 0 Å². The third kappa shape index (κ3) is 5.62. The number of nitrogens with one attached hydrogen (secondary N) is 2. The van der Waals surface area contributed by atoms with E-state index in [9.17, 15) is 9.59 Å². The molecule has 7 heteroatoms. The highest BCUT2D eigenvalue weighted by atomic mass is 32.1. The molecule has 6 nitrogen and oxygen atoms in total. The molecule has 2 amide bonds. The maximum atomic E-state index is 11.5. The van der Waals surface area contributed by atoms with Crippen LogP contribution in [-0.2, 0) is 16.0 Å². The second-order valence-corrected chi connectivity index (χ2v) is 5.22. The van der Waals surface area contributed by atoms with Crippen molar-refractivity contribution in [2.75, 3.05) is 18.8 Å². The topological polar surface area (TPSA) is 97.1 Å². The first kappa shape index (κ1) is 14.4. The second kappa shape index (κ2) is 6.95. The summed E-state index contributed by atoms with van der Waals surface area (Å²) in [5.41, 5.74) is 6.08. The highest BCUT2D eigenvalue weighted by molar-refractivity contribution is 7.13. The van der Waals surface area contributed by atoms with E-state index in [0.717, 1.165) is 0 Å². The lowest BCUT2D eigenvalue weighted by atomic mass is 10.2. The smallest absolute Gasteiger partial charge is 0.239 e. The predicted molar refractivity (Wildman–Crippen MR) is 71.1 cm³/mol. The molecule has 0 atom stereocenters. The number of carbonyl (C=O) groups is 2. The fraction of sp³-hybridized carbons (Fsp3) is 0.545. The summed E-state index contributed by atoms with van der Waals surface area (Å²) in [6.07, 6.45) is 0.144. The molecule has 0 aliphatic heterocycles. The van der Waals surface area contributed by atoms with Crippen LogP contribution in [0.15, 0.2) is 5.38 Å². The van der Waals surface area contributed by atoms with E-state index in [0.29, 0.717) is 23.3 Å². The van der Waals surface area contributed by atoms with E-state index in [2.05, 4.69) is 15.6 Å². The number of hydrogen-bond donors (Lipinski definition) is 3. The van der Waals surface area contributed by atoms with Gasteiger partial charge in [0.15, 0.2) is 5.13 Å². The minimum absolute atomic E-state index is 0.00876. The van der Waals surface area contributed by atoms with E-state index in [1.807, 2.05) is 13.8 Å². The molecular formula is C11H18N4O2S. The first-order valence-corrected chi connectivity index (χ1v) is 6.58. The normalized spacial score (nSPS) is 10.4. The van der Waals surface area contributed by atoms with Gasteiger partial charge in [-0.2, -0.15) is 0 Å². The van der Waals surface area contributed by atoms with Crippen LogP contribution in [0.3, 0.4) is 0 Å². The lowest BCUT2D eigenvalue weighted by Gasteiger charge is -2.08. The van der Waals surface area contributed by atoms with Crippen molar-refractivity contribution in [3.05, 3.63) is 11.1 Å². The number of carbonyl (C=O) groups excluding carboxylic acids is 2. The van der Waals surface area contributed by atoms with E-state index >= 15 is 0 Å². The Kier molecular flexibility index (Phi) is 5.57. The molecule has 0 aromatic carbocycles. The van der Waals surface area contributed by atoms with Gasteiger partial charge in [-0.05, 0) is 5.92 Å². The van der Waals surface area contributed by atoms with Gasteiger partial charge in [0.05, 0.1) is 18.7 Å². The summed E-state index contributed by atoms with van der Waals surface area (Å²) in [6.45, 7) is 4.61. The van der Waals surface area contributed by atoms with Crippen molar-refractivity contribution in [3.63, 3.8) is 0 Å². The average molecular weight is 270 g/mol. The Bertz CT molecular complexity index is 417. The van der Waals surface area contributed by atoms with Crippen LogP contribution in [0.2, 0.25) is 0 Å². The van der Waals surface area contributed by atoms with Crippen LogP contribution in [0.4, 0.5) is 5.13 Å². The monoisotopic (exact) mass is 270 g/mol. The molecule has 1 rings (SSSR count). The summed E-state index contributed by atoms with van der Waals surface area (Å²) in [7, 11) is 0. The molecule has 0 aliphatic carbocycles. The van der Waals surface area contributed by atoms with Crippen molar-refractivity contribution < 1.29 is 9.59 Å². The van der Waals surface area contributed by atoms with Gasteiger partial charge in [0.1, 0.15) is 0 Å². The van der Waals surface area contributed by atoms with Crippen molar-refractivity contribution in [2.45, 2.75) is 20.3 Å². The molecule has 0 bridgehead atoms. The summed E-state index contributed by atoms with van der Waals surface area (Å²) in [6, 6.07) is 0. The van der Waals surface area contributed by atoms with Crippen molar-refractivity contribution in [2.24, 2.45) is 5.92 Å². The number of aromatic nitrogens is 1. The second-order valence-electron chi connectivity index (χ2n) is 4.33. The lowest BCUT2D eigenvalue weighted by Crippen LogP contribution is -2.38. The molecule has 4 N–H and O–H groups in total. The minimum Gasteiger partial charge on any atom is -0.375 e. The van der Waals surface area contributed by atoms with Crippen LogP contribution >= 0.6 is 11.3 Å². The maximum absolute atomic E-state index is 11.5. The van der Waals surface area contributed by atoms with E-state index in [1.54, 1.807) is 5.38 Å². The van der Waals surface area contributed by atoms with Gasteiger partial charge in [0.25, 0.3) is 0 Å². The third-order valence-electron chi connectivity index (χ3n) is 2.06. The number of hydrogen-bond acceptors (Lipinski definition) is 5. The Labute approximate surface area is 110 Å². The predicted octanol–water partition coefficient (Wildman–Crippen LogP) is 0.156. The maximum Gasteiger partial charge on any atom is 0.239 e. The van der Waals surface area contributed by atoms with Crippen molar-refractivity contribution in [3.8, 4) is 0 Å². The minimum atomic E-state index is -0.236. The lowest BCUT2D eigenvalue weighted by molar-refractivity contribution is -0.125. The highest BCUT2D eigenvalue weighted by Crippen LogP contribution is 2.10. The first-order chi connectivity index (χ1) is 8.47. The summed E-state index contributed by atoms with van der Waals surface area (Å²) in [4.78, 5) is 26.8. The molecule has 0 saturated heterocycles. The number of thiazole rings is 1. The summed E-state index contributed by atoms with van der Waals surface area (Å²) in [5, 5.41) is 7.42. The van der Waals surface area contributed by atoms with E-state index in [1.165, 1.54) is 11.3 Å². The number of nitrogens with two attached hydrogens (primary N) is 1. The van der Waals surface area contributed by atoms with Gasteiger partial charge in [-0.3, -0.25) is 9.59 Å². The number of nitrogens with zero attached hydrogens (tertiary/aromatic N) is 1. The fourth-order valence-corrected chi connectivity index (χ4v) is 1.75. The van der Waals surface area contributed by atoms with Gasteiger partial charge in [-0.1, -0.05) is 13.8 Å². The summed E-state index contributed by atoms with van der Waals surface area (Å²) < 4.78 is 0. The van der Waals surface area contributed by atoms with Crippen molar-refractivity contribution in [1.82, 2.24) is 15.6 Å². The first-order valence-electron chi connectivity index (χ1n) is 5.70. The number of nitrogen functional groups attached to an aromatic ring is 1. The van der Waals surface area contributed by atoms with Crippen molar-refractivity contribution in [1.29, 1.82) is 0 Å². The van der Waals surface area contributed by atoms with Gasteiger partial charge in [0.2, 0.25) is 11.8 Å². The number of rotatable bonds is 6. The van der Waals surface area contributed by atoms with Crippen LogP contribution < -0.4 is 16.4 Å². The molecule has 100 valence electrons. The van der Waals surface area contributed by atoms with Gasteiger partial charge < -0.3 is 16.4 Å². The molecular weight excluding hydrogens is 252 g/mol. The zero-order valence-corrected chi connectivity index (χ0v) is 11.3. The third-order valence-corrected chi connectivity index (χ3v) is 2.79. The molecule has 0 fully saturated rings. The molecule has 0 saturated carbocycles. The molecule has 1 aromatic heterocycles. The fourth-order valence-electron chi connectivity index (χ4n) is 1.19. The standard InChI is InChI=1S/C11H18N4O2S/c1-7(2)4-13-10(17)5-14-9(16)3-8-6-18-11(12)15-8/h6-7H,3-5H2,1-2H3,(H2,12,15)(H,13,17)(H,14,16). The van der Waals surface area contributed by atoms with Crippen molar-refractivity contribution >= 4 is 28.3 Å². The SMILES string of the molecule is CC(C)CNC(=O)CNC(=O)Cc1csc(N)n1. The average Bonchev–Trinajstić information content (AvgIpc) is 2.69. The van der Waals surface area contributed by atoms with Gasteiger partial charge in [0, 0.05) is 11.9 Å². The molecule has 0 aliphatic rings. The molecule has 0 spiro atoms. The molecule has 1 aromatic rings. The zero-order chi connectivity index (χ0) is 13.5. The quantitative estimate of drug-likeness (QED) is 0.685. The van der Waals surface area contributed by atoms with Gasteiger partial charge >= 0.3 is 0 Å². The molecule has 0 unspecified atom stereocenters. The number of anilines is 1. The largest absolute Gasteiger partial charge is 0.375 e. The van der Waals surface area contributed by atoms with E-state index in [-0.39, 0.29) is 24.8 Å². The van der Waals surface area contributed by atoms with Crippen LogP contribution in [0, 0.1) is 5.92 Å². The Morgan fingerprint density at radius 1 is 1.39 bits per heavy atom. The van der Waals surface area contributed by atoms with E-state index < -0.39 is 0 Å². The van der Waals surface area contributed by atoms with Crippen LogP contribution in [0.5, 0.6) is 0 Å². The Balaban J connectivity index is 2.22. The highest BCUT2D eigenvalue weighted by Gasteiger charge is 2.08. The summed E-state index contributed by atoms with van der Waals surface area (Å²) >= 11 is 1.29.